The lowest BCUT2D eigenvalue weighted by atomic mass is 9.79. The molecule has 2 rings (SSSR count). The van der Waals surface area contributed by atoms with Crippen molar-refractivity contribution in [2.45, 2.75) is 64.7 Å². The normalized spacial score (nSPS) is 20.8. The Hall–Kier alpha value is -1.41. The molecule has 0 bridgehead atoms. The van der Waals surface area contributed by atoms with Gasteiger partial charge in [0.25, 0.3) is 5.92 Å². The number of rotatable bonds is 7. The lowest BCUT2D eigenvalue weighted by Crippen LogP contribution is -2.52. The first-order chi connectivity index (χ1) is 14.3. The molecule has 4 nitrogen and oxygen atoms in total. The molecule has 0 saturated heterocycles. The van der Waals surface area contributed by atoms with Crippen LogP contribution in [0, 0.1) is 12.8 Å². The summed E-state index contributed by atoms with van der Waals surface area (Å²) >= 11 is 4.51. The van der Waals surface area contributed by atoms with E-state index >= 15 is 8.78 Å². The molecule has 0 saturated carbocycles. The highest BCUT2D eigenvalue weighted by atomic mass is 35.5. The van der Waals surface area contributed by atoms with Gasteiger partial charge in [0.2, 0.25) is 0 Å². The van der Waals surface area contributed by atoms with Crippen LogP contribution in [-0.2, 0) is 20.9 Å². The molecule has 8 heteroatoms. The van der Waals surface area contributed by atoms with Crippen molar-refractivity contribution in [2.75, 3.05) is 6.61 Å². The molecule has 172 valence electrons. The molecular weight excluding hydrogens is 444 g/mol. The van der Waals surface area contributed by atoms with Crippen molar-refractivity contribution in [1.29, 1.82) is 0 Å². The van der Waals surface area contributed by atoms with Crippen LogP contribution in [0.2, 0.25) is 0 Å². The van der Waals surface area contributed by atoms with Crippen LogP contribution >= 0.6 is 11.6 Å². The van der Waals surface area contributed by atoms with Crippen molar-refractivity contribution in [3.63, 3.8) is 0 Å². The fourth-order valence-corrected chi connectivity index (χ4v) is 4.50. The predicted molar refractivity (Wildman–Crippen MR) is 122 cm³/mol. The predicted octanol–water partition coefficient (Wildman–Crippen LogP) is 5.53. The van der Waals surface area contributed by atoms with Crippen molar-refractivity contribution >= 4 is 34.5 Å². The zero-order chi connectivity index (χ0) is 23.6. The Morgan fingerprint density at radius 2 is 1.94 bits per heavy atom. The van der Waals surface area contributed by atoms with Gasteiger partial charge in [0.05, 0.1) is 30.0 Å². The Morgan fingerprint density at radius 3 is 2.48 bits per heavy atom. The third-order valence-electron chi connectivity index (χ3n) is 5.17. The zero-order valence-electron chi connectivity index (χ0n) is 18.7. The Bertz CT molecular complexity index is 880. The van der Waals surface area contributed by atoms with Crippen LogP contribution in [0.15, 0.2) is 40.9 Å². The minimum absolute atomic E-state index is 0.124. The first-order valence-corrected chi connectivity index (χ1v) is 11.7. The highest BCUT2D eigenvalue weighted by Crippen LogP contribution is 2.48. The average molecular weight is 474 g/mol. The number of carbonyl (C=O) groups is 1. The van der Waals surface area contributed by atoms with Gasteiger partial charge >= 0.3 is 5.97 Å². The minimum Gasteiger partial charge on any atom is -0.598 e. The van der Waals surface area contributed by atoms with Gasteiger partial charge in [-0.1, -0.05) is 41.9 Å². The van der Waals surface area contributed by atoms with Crippen LogP contribution in [0.3, 0.4) is 0 Å². The van der Waals surface area contributed by atoms with Gasteiger partial charge in [-0.2, -0.15) is 8.78 Å². The van der Waals surface area contributed by atoms with Crippen molar-refractivity contribution < 1.29 is 22.9 Å². The van der Waals surface area contributed by atoms with E-state index in [1.165, 1.54) is 6.08 Å². The highest BCUT2D eigenvalue weighted by molar-refractivity contribution is 7.90. The molecule has 1 aromatic carbocycles. The number of hydrogen-bond acceptors (Lipinski definition) is 4. The summed E-state index contributed by atoms with van der Waals surface area (Å²) in [5.41, 5.74) is 2.56. The van der Waals surface area contributed by atoms with E-state index in [-0.39, 0.29) is 18.6 Å². The maximum atomic E-state index is 15.4. The fraction of sp³-hybridized carbons (Fsp3) is 0.522. The summed E-state index contributed by atoms with van der Waals surface area (Å²) in [7, 11) is 0. The summed E-state index contributed by atoms with van der Waals surface area (Å²) in [6, 6.07) is 6.29. The van der Waals surface area contributed by atoms with E-state index in [9.17, 15) is 9.35 Å². The van der Waals surface area contributed by atoms with Crippen molar-refractivity contribution in [2.24, 2.45) is 5.92 Å². The number of benzene rings is 1. The molecule has 1 N–H and O–H groups in total. The lowest BCUT2D eigenvalue weighted by molar-refractivity contribution is -0.144. The molecule has 0 amide bonds. The maximum absolute atomic E-state index is 15.4. The van der Waals surface area contributed by atoms with Gasteiger partial charge in [-0.05, 0) is 63.8 Å². The number of allylic oxidation sites excluding steroid dienone is 3. The van der Waals surface area contributed by atoms with E-state index in [0.717, 1.165) is 11.1 Å². The summed E-state index contributed by atoms with van der Waals surface area (Å²) in [4.78, 5) is 12.2. The van der Waals surface area contributed by atoms with Crippen LogP contribution in [0.5, 0.6) is 0 Å². The standard InChI is InChI=1S/C23H30ClF2NO3S/c1-7-30-20(28)13-19(27-31(29)22(4,5)6)18-12-17(15(3)21(24)23(18,25)26)16-11-9-8-10-14(16)2/h8-12,18-19,27H,7,13H2,1-6H3. The smallest absolute Gasteiger partial charge is 0.307 e. The summed E-state index contributed by atoms with van der Waals surface area (Å²) in [6.07, 6.45) is 1.08. The number of esters is 1. The molecule has 31 heavy (non-hydrogen) atoms. The zero-order valence-corrected chi connectivity index (χ0v) is 20.3. The van der Waals surface area contributed by atoms with Gasteiger partial charge in [0.15, 0.2) is 0 Å². The SMILES string of the molecule is CCOC(=O)CC(N[S+]([O-])C(C)(C)C)C1C=C(c2ccccc2C)C(C)=C(Cl)C1(F)F. The summed E-state index contributed by atoms with van der Waals surface area (Å²) < 4.78 is 50.6. The maximum Gasteiger partial charge on any atom is 0.307 e. The summed E-state index contributed by atoms with van der Waals surface area (Å²) in [5, 5.41) is -0.574. The molecule has 0 radical (unpaired) electrons. The number of hydrogen-bond donors (Lipinski definition) is 1. The second-order valence-electron chi connectivity index (χ2n) is 8.60. The number of carbonyl (C=O) groups excluding carboxylic acids is 1. The van der Waals surface area contributed by atoms with Gasteiger partial charge < -0.3 is 9.29 Å². The van der Waals surface area contributed by atoms with E-state index in [1.807, 2.05) is 31.2 Å². The molecule has 0 aliphatic heterocycles. The van der Waals surface area contributed by atoms with Gasteiger partial charge in [-0.15, -0.1) is 4.72 Å². The number of alkyl halides is 2. The topological polar surface area (TPSA) is 61.4 Å². The quantitative estimate of drug-likeness (QED) is 0.417. The second-order valence-corrected chi connectivity index (χ2v) is 11.0. The number of ether oxygens (including phenoxy) is 1. The van der Waals surface area contributed by atoms with Crippen LogP contribution in [0.1, 0.15) is 52.2 Å². The van der Waals surface area contributed by atoms with E-state index < -0.39 is 45.0 Å². The van der Waals surface area contributed by atoms with Crippen LogP contribution in [0.4, 0.5) is 8.78 Å². The lowest BCUT2D eigenvalue weighted by Gasteiger charge is -2.37. The number of aryl methyl sites for hydroxylation is 1. The molecule has 1 aromatic rings. The van der Waals surface area contributed by atoms with E-state index in [0.29, 0.717) is 5.57 Å². The average Bonchev–Trinajstić information content (AvgIpc) is 2.66. The first-order valence-electron chi connectivity index (χ1n) is 10.2. The van der Waals surface area contributed by atoms with Crippen molar-refractivity contribution in [3.05, 3.63) is 52.1 Å². The summed E-state index contributed by atoms with van der Waals surface area (Å²) in [6.45, 7) is 10.4. The molecule has 1 aliphatic rings. The molecule has 1 aliphatic carbocycles. The second kappa shape index (κ2) is 10.0. The largest absolute Gasteiger partial charge is 0.598 e. The van der Waals surface area contributed by atoms with Gasteiger partial charge in [0.1, 0.15) is 4.75 Å². The fourth-order valence-electron chi connectivity index (χ4n) is 3.42. The van der Waals surface area contributed by atoms with Gasteiger partial charge in [0, 0.05) is 11.4 Å². The number of nitrogens with one attached hydrogen (secondary N) is 1. The van der Waals surface area contributed by atoms with Crippen LogP contribution in [0.25, 0.3) is 5.57 Å². The van der Waals surface area contributed by atoms with Gasteiger partial charge in [-0.3, -0.25) is 4.79 Å². The van der Waals surface area contributed by atoms with E-state index in [4.69, 9.17) is 16.3 Å². The highest BCUT2D eigenvalue weighted by Gasteiger charge is 2.51. The summed E-state index contributed by atoms with van der Waals surface area (Å²) in [5.74, 6) is -5.58. The van der Waals surface area contributed by atoms with Crippen LogP contribution in [-0.4, -0.2) is 33.8 Å². The molecule has 0 aromatic heterocycles. The van der Waals surface area contributed by atoms with E-state index in [1.54, 1.807) is 34.6 Å². The Balaban J connectivity index is 2.57. The molecule has 0 fully saturated rings. The van der Waals surface area contributed by atoms with Crippen LogP contribution < -0.4 is 4.72 Å². The molecular formula is C23H30ClF2NO3S. The third-order valence-corrected chi connectivity index (χ3v) is 7.33. The number of halogens is 3. The minimum atomic E-state index is -3.44. The molecule has 0 heterocycles. The molecule has 3 atom stereocenters. The third kappa shape index (κ3) is 5.89. The Labute approximate surface area is 191 Å². The molecule has 3 unspecified atom stereocenters. The van der Waals surface area contributed by atoms with Crippen molar-refractivity contribution in [3.8, 4) is 0 Å². The Morgan fingerprint density at radius 1 is 1.32 bits per heavy atom. The van der Waals surface area contributed by atoms with Gasteiger partial charge in [-0.25, -0.2) is 0 Å². The molecule has 0 spiro atoms. The monoisotopic (exact) mass is 473 g/mol. The van der Waals surface area contributed by atoms with E-state index in [2.05, 4.69) is 4.72 Å². The Kier molecular flexibility index (Phi) is 8.36. The van der Waals surface area contributed by atoms with Crippen molar-refractivity contribution in [1.82, 2.24) is 4.72 Å². The first kappa shape index (κ1) is 25.8.